The van der Waals surface area contributed by atoms with Gasteiger partial charge in [-0.05, 0) is 19.4 Å². The standard InChI is InChI=1S/C17H24N2O5/c1-5-23-15(20)11-18(3)16(21)13(2)19(4)17(22)24-12-14-9-7-6-8-10-14/h6-10,13H,5,11-12H2,1-4H3/t13-/m0/s1. The maximum Gasteiger partial charge on any atom is 0.410 e. The molecule has 0 radical (unpaired) electrons. The summed E-state index contributed by atoms with van der Waals surface area (Å²) in [4.78, 5) is 38.2. The number of hydrogen-bond acceptors (Lipinski definition) is 5. The lowest BCUT2D eigenvalue weighted by molar-refractivity contribution is -0.149. The first-order valence-corrected chi connectivity index (χ1v) is 7.70. The van der Waals surface area contributed by atoms with Gasteiger partial charge >= 0.3 is 12.1 Å². The molecule has 0 aromatic heterocycles. The summed E-state index contributed by atoms with van der Waals surface area (Å²) in [5, 5.41) is 0. The van der Waals surface area contributed by atoms with E-state index >= 15 is 0 Å². The number of esters is 1. The Kier molecular flexibility index (Phi) is 7.74. The minimum absolute atomic E-state index is 0.129. The summed E-state index contributed by atoms with van der Waals surface area (Å²) < 4.78 is 9.99. The van der Waals surface area contributed by atoms with Crippen molar-refractivity contribution in [1.82, 2.24) is 9.80 Å². The average Bonchev–Trinajstić information content (AvgIpc) is 2.58. The number of benzene rings is 1. The van der Waals surface area contributed by atoms with Crippen molar-refractivity contribution >= 4 is 18.0 Å². The third-order valence-corrected chi connectivity index (χ3v) is 3.48. The number of ether oxygens (including phenoxy) is 2. The number of nitrogens with zero attached hydrogens (tertiary/aromatic N) is 2. The molecular weight excluding hydrogens is 312 g/mol. The van der Waals surface area contributed by atoms with Gasteiger partial charge in [0.15, 0.2) is 0 Å². The van der Waals surface area contributed by atoms with E-state index in [-0.39, 0.29) is 25.7 Å². The molecule has 24 heavy (non-hydrogen) atoms. The molecule has 0 N–H and O–H groups in total. The van der Waals surface area contributed by atoms with Gasteiger partial charge < -0.3 is 14.4 Å². The van der Waals surface area contributed by atoms with E-state index in [0.29, 0.717) is 0 Å². The van der Waals surface area contributed by atoms with E-state index in [2.05, 4.69) is 0 Å². The Bertz CT molecular complexity index is 561. The van der Waals surface area contributed by atoms with E-state index in [9.17, 15) is 14.4 Å². The van der Waals surface area contributed by atoms with Crippen LogP contribution in [0.4, 0.5) is 4.79 Å². The summed E-state index contributed by atoms with van der Waals surface area (Å²) >= 11 is 0. The number of carbonyl (C=O) groups excluding carboxylic acids is 3. The minimum atomic E-state index is -0.757. The van der Waals surface area contributed by atoms with Gasteiger partial charge in [-0.2, -0.15) is 0 Å². The van der Waals surface area contributed by atoms with E-state index in [1.807, 2.05) is 30.3 Å². The van der Waals surface area contributed by atoms with Gasteiger partial charge in [0.25, 0.3) is 0 Å². The van der Waals surface area contributed by atoms with Crippen molar-refractivity contribution in [2.75, 3.05) is 27.2 Å². The zero-order valence-corrected chi connectivity index (χ0v) is 14.5. The van der Waals surface area contributed by atoms with Crippen molar-refractivity contribution in [2.24, 2.45) is 0 Å². The predicted molar refractivity (Wildman–Crippen MR) is 88.1 cm³/mol. The molecule has 1 atom stereocenters. The van der Waals surface area contributed by atoms with Crippen LogP contribution in [0.5, 0.6) is 0 Å². The molecule has 0 fully saturated rings. The molecule has 7 heteroatoms. The first-order chi connectivity index (χ1) is 11.4. The summed E-state index contributed by atoms with van der Waals surface area (Å²) in [6.45, 7) is 3.49. The van der Waals surface area contributed by atoms with Crippen LogP contribution in [0.1, 0.15) is 19.4 Å². The van der Waals surface area contributed by atoms with Gasteiger partial charge in [-0.25, -0.2) is 4.79 Å². The highest BCUT2D eigenvalue weighted by Gasteiger charge is 2.27. The van der Waals surface area contributed by atoms with Crippen LogP contribution in [-0.4, -0.2) is 61.1 Å². The first kappa shape index (κ1) is 19.5. The van der Waals surface area contributed by atoms with Gasteiger partial charge in [0.05, 0.1) is 6.61 Å². The molecule has 2 amide bonds. The Morgan fingerprint density at radius 2 is 1.71 bits per heavy atom. The average molecular weight is 336 g/mol. The fourth-order valence-electron chi connectivity index (χ4n) is 1.94. The maximum atomic E-state index is 12.3. The van der Waals surface area contributed by atoms with E-state index < -0.39 is 18.1 Å². The molecule has 0 aliphatic rings. The number of rotatable bonds is 7. The van der Waals surface area contributed by atoms with Crippen LogP contribution in [0.15, 0.2) is 30.3 Å². The molecule has 0 heterocycles. The van der Waals surface area contributed by atoms with Crippen molar-refractivity contribution in [3.63, 3.8) is 0 Å². The molecule has 0 saturated carbocycles. The molecular formula is C17H24N2O5. The van der Waals surface area contributed by atoms with Gasteiger partial charge in [-0.3, -0.25) is 14.5 Å². The predicted octanol–water partition coefficient (Wildman–Crippen LogP) is 1.66. The normalized spacial score (nSPS) is 11.3. The van der Waals surface area contributed by atoms with Crippen molar-refractivity contribution in [2.45, 2.75) is 26.5 Å². The Labute approximate surface area is 142 Å². The summed E-state index contributed by atoms with van der Waals surface area (Å²) in [5.41, 5.74) is 0.859. The molecule has 0 saturated heterocycles. The monoisotopic (exact) mass is 336 g/mol. The summed E-state index contributed by atoms with van der Waals surface area (Å²) in [5.74, 6) is -0.864. The van der Waals surface area contributed by atoms with Crippen LogP contribution < -0.4 is 0 Å². The molecule has 1 aromatic carbocycles. The molecule has 132 valence electrons. The van der Waals surface area contributed by atoms with Crippen molar-refractivity contribution < 1.29 is 23.9 Å². The van der Waals surface area contributed by atoms with Crippen LogP contribution in [0.3, 0.4) is 0 Å². The van der Waals surface area contributed by atoms with Crippen LogP contribution >= 0.6 is 0 Å². The Balaban J connectivity index is 2.52. The summed E-state index contributed by atoms with van der Waals surface area (Å²) in [6.07, 6.45) is -0.607. The number of carbonyl (C=O) groups is 3. The second kappa shape index (κ2) is 9.54. The lowest BCUT2D eigenvalue weighted by Crippen LogP contribution is -2.48. The van der Waals surface area contributed by atoms with E-state index in [1.54, 1.807) is 13.8 Å². The Hall–Kier alpha value is -2.57. The second-order valence-corrected chi connectivity index (χ2v) is 5.33. The van der Waals surface area contributed by atoms with Crippen molar-refractivity contribution in [3.8, 4) is 0 Å². The van der Waals surface area contributed by atoms with Gasteiger partial charge in [0.1, 0.15) is 19.2 Å². The van der Waals surface area contributed by atoms with Gasteiger partial charge in [0, 0.05) is 14.1 Å². The highest BCUT2D eigenvalue weighted by atomic mass is 16.6. The van der Waals surface area contributed by atoms with E-state index in [1.165, 1.54) is 23.9 Å². The molecule has 1 aromatic rings. The molecule has 1 rings (SSSR count). The maximum absolute atomic E-state index is 12.3. The third-order valence-electron chi connectivity index (χ3n) is 3.48. The lowest BCUT2D eigenvalue weighted by Gasteiger charge is -2.27. The highest BCUT2D eigenvalue weighted by Crippen LogP contribution is 2.06. The van der Waals surface area contributed by atoms with E-state index in [0.717, 1.165) is 5.56 Å². The fraction of sp³-hybridized carbons (Fsp3) is 0.471. The third kappa shape index (κ3) is 5.91. The molecule has 7 nitrogen and oxygen atoms in total. The fourth-order valence-corrected chi connectivity index (χ4v) is 1.94. The SMILES string of the molecule is CCOC(=O)CN(C)C(=O)[C@H](C)N(C)C(=O)OCc1ccccc1. The van der Waals surface area contributed by atoms with Crippen LogP contribution in [0, 0.1) is 0 Å². The number of likely N-dealkylation sites (N-methyl/N-ethyl adjacent to an activating group) is 2. The first-order valence-electron chi connectivity index (χ1n) is 7.70. The number of amides is 2. The van der Waals surface area contributed by atoms with E-state index in [4.69, 9.17) is 9.47 Å². The quantitative estimate of drug-likeness (QED) is 0.708. The van der Waals surface area contributed by atoms with Crippen molar-refractivity contribution in [3.05, 3.63) is 35.9 Å². The minimum Gasteiger partial charge on any atom is -0.465 e. The highest BCUT2D eigenvalue weighted by molar-refractivity contribution is 5.87. The van der Waals surface area contributed by atoms with Gasteiger partial charge in [0.2, 0.25) is 5.91 Å². The molecule has 0 spiro atoms. The number of hydrogen-bond donors (Lipinski definition) is 0. The molecule has 0 aliphatic heterocycles. The van der Waals surface area contributed by atoms with Crippen LogP contribution in [-0.2, 0) is 25.7 Å². The molecule has 0 unspecified atom stereocenters. The molecule has 0 bridgehead atoms. The van der Waals surface area contributed by atoms with Gasteiger partial charge in [-0.15, -0.1) is 0 Å². The lowest BCUT2D eigenvalue weighted by atomic mass is 10.2. The summed E-state index contributed by atoms with van der Waals surface area (Å²) in [6, 6.07) is 8.50. The largest absolute Gasteiger partial charge is 0.465 e. The smallest absolute Gasteiger partial charge is 0.410 e. The second-order valence-electron chi connectivity index (χ2n) is 5.33. The topological polar surface area (TPSA) is 76.2 Å². The van der Waals surface area contributed by atoms with Crippen molar-refractivity contribution in [1.29, 1.82) is 0 Å². The van der Waals surface area contributed by atoms with Gasteiger partial charge in [-0.1, -0.05) is 30.3 Å². The Morgan fingerprint density at radius 1 is 1.08 bits per heavy atom. The van der Waals surface area contributed by atoms with Crippen LogP contribution in [0.25, 0.3) is 0 Å². The molecule has 0 aliphatic carbocycles. The summed E-state index contributed by atoms with van der Waals surface area (Å²) in [7, 11) is 2.97. The zero-order valence-electron chi connectivity index (χ0n) is 14.5. The van der Waals surface area contributed by atoms with Crippen LogP contribution in [0.2, 0.25) is 0 Å². The zero-order chi connectivity index (χ0) is 18.1. The Morgan fingerprint density at radius 3 is 2.29 bits per heavy atom.